The molecule has 2 amide bonds. The Morgan fingerprint density at radius 3 is 2.48 bits per heavy atom. The van der Waals surface area contributed by atoms with Gasteiger partial charge in [-0.2, -0.15) is 0 Å². The van der Waals surface area contributed by atoms with Crippen LogP contribution in [0.4, 0.5) is 16.4 Å². The first-order valence-corrected chi connectivity index (χ1v) is 10.4. The molecule has 0 radical (unpaired) electrons. The lowest BCUT2D eigenvalue weighted by molar-refractivity contribution is -0.0853. The molecule has 1 atom stereocenters. The van der Waals surface area contributed by atoms with Crippen LogP contribution in [0.5, 0.6) is 0 Å². The van der Waals surface area contributed by atoms with Crippen LogP contribution in [-0.4, -0.2) is 59.7 Å². The van der Waals surface area contributed by atoms with Crippen molar-refractivity contribution in [2.45, 2.75) is 52.0 Å². The van der Waals surface area contributed by atoms with Gasteiger partial charge in [-0.05, 0) is 18.8 Å². The van der Waals surface area contributed by atoms with Gasteiger partial charge in [-0.15, -0.1) is 0 Å². The topological polar surface area (TPSA) is 73.4 Å². The molecule has 1 spiro atoms. The van der Waals surface area contributed by atoms with Crippen LogP contribution in [-0.2, 0) is 0 Å². The summed E-state index contributed by atoms with van der Waals surface area (Å²) in [5, 5.41) is 6.34. The maximum atomic E-state index is 12.9. The van der Waals surface area contributed by atoms with E-state index in [1.807, 2.05) is 4.90 Å². The van der Waals surface area contributed by atoms with Gasteiger partial charge in [-0.25, -0.2) is 14.8 Å². The average molecular weight is 373 g/mol. The van der Waals surface area contributed by atoms with Gasteiger partial charge in [0.25, 0.3) is 0 Å². The second-order valence-electron chi connectivity index (χ2n) is 8.68. The van der Waals surface area contributed by atoms with Crippen molar-refractivity contribution in [2.24, 2.45) is 11.3 Å². The fraction of sp³-hybridized carbons (Fsp3) is 0.750. The lowest BCUT2D eigenvalue weighted by Gasteiger charge is -2.61. The quantitative estimate of drug-likeness (QED) is 0.853. The highest BCUT2D eigenvalue weighted by Crippen LogP contribution is 2.51. The number of nitrogens with one attached hydrogen (secondary N) is 2. The van der Waals surface area contributed by atoms with E-state index >= 15 is 0 Å². The van der Waals surface area contributed by atoms with Crippen molar-refractivity contribution in [2.75, 3.05) is 42.9 Å². The number of hydrogen-bond donors (Lipinski definition) is 2. The zero-order valence-corrected chi connectivity index (χ0v) is 16.6. The normalized spacial score (nSPS) is 24.8. The summed E-state index contributed by atoms with van der Waals surface area (Å²) in [7, 11) is 0. The fourth-order valence-corrected chi connectivity index (χ4v) is 5.33. The van der Waals surface area contributed by atoms with Crippen LogP contribution in [0.25, 0.3) is 0 Å². The summed E-state index contributed by atoms with van der Waals surface area (Å²) >= 11 is 0. The summed E-state index contributed by atoms with van der Waals surface area (Å²) < 4.78 is 0. The minimum atomic E-state index is -0.0107. The molecule has 1 saturated carbocycles. The predicted molar refractivity (Wildman–Crippen MR) is 107 cm³/mol. The van der Waals surface area contributed by atoms with Crippen LogP contribution in [0.1, 0.15) is 46.0 Å². The highest BCUT2D eigenvalue weighted by Gasteiger charge is 2.55. The number of likely N-dealkylation sites (tertiary alicyclic amines) is 1. The van der Waals surface area contributed by atoms with Gasteiger partial charge in [0.2, 0.25) is 5.95 Å². The number of aromatic nitrogens is 2. The molecule has 2 N–H and O–H groups in total. The minimum Gasteiger partial charge on any atom is -0.338 e. The maximum Gasteiger partial charge on any atom is 0.322 e. The Morgan fingerprint density at radius 1 is 1.19 bits per heavy atom. The van der Waals surface area contributed by atoms with Crippen molar-refractivity contribution in [3.63, 3.8) is 0 Å². The summed E-state index contributed by atoms with van der Waals surface area (Å²) in [6, 6.07) is 0.335. The molecule has 7 heteroatoms. The molecular formula is C20H32N6O. The minimum absolute atomic E-state index is 0.0107. The summed E-state index contributed by atoms with van der Waals surface area (Å²) in [6.45, 7) is 9.11. The summed E-state index contributed by atoms with van der Waals surface area (Å²) in [5.74, 6) is 1.22. The average Bonchev–Trinajstić information content (AvgIpc) is 2.68. The molecule has 7 nitrogen and oxygen atoms in total. The number of anilines is 2. The van der Waals surface area contributed by atoms with Crippen molar-refractivity contribution >= 4 is 17.7 Å². The Hall–Kier alpha value is -1.89. The Kier molecular flexibility index (Phi) is 5.21. The molecule has 1 aromatic rings. The van der Waals surface area contributed by atoms with Gasteiger partial charge in [0.1, 0.15) is 0 Å². The maximum absolute atomic E-state index is 12.9. The third-order valence-corrected chi connectivity index (χ3v) is 6.48. The van der Waals surface area contributed by atoms with Gasteiger partial charge in [0.15, 0.2) is 0 Å². The number of nitrogens with zero attached hydrogens (tertiary/aromatic N) is 4. The SMILES string of the molecule is CC(C)C1N(C(=O)Nc2cnc(N3CCNCC3)nc2)CC12CCCCC2. The van der Waals surface area contributed by atoms with Crippen LogP contribution in [0, 0.1) is 11.3 Å². The Morgan fingerprint density at radius 2 is 1.85 bits per heavy atom. The van der Waals surface area contributed by atoms with Crippen LogP contribution < -0.4 is 15.5 Å². The Labute approximate surface area is 161 Å². The molecular weight excluding hydrogens is 340 g/mol. The molecule has 2 aliphatic heterocycles. The highest BCUT2D eigenvalue weighted by molar-refractivity contribution is 5.90. The number of carbonyl (C=O) groups is 1. The molecule has 1 unspecified atom stereocenters. The molecule has 148 valence electrons. The van der Waals surface area contributed by atoms with E-state index in [9.17, 15) is 4.79 Å². The smallest absolute Gasteiger partial charge is 0.322 e. The van der Waals surface area contributed by atoms with E-state index < -0.39 is 0 Å². The van der Waals surface area contributed by atoms with Gasteiger partial charge in [0, 0.05) is 44.2 Å². The second kappa shape index (κ2) is 7.62. The first kappa shape index (κ1) is 18.5. The lowest BCUT2D eigenvalue weighted by Crippen LogP contribution is -2.69. The summed E-state index contributed by atoms with van der Waals surface area (Å²) in [5.41, 5.74) is 1.03. The van der Waals surface area contributed by atoms with Crippen LogP contribution in [0.3, 0.4) is 0 Å². The summed E-state index contributed by atoms with van der Waals surface area (Å²) in [4.78, 5) is 26.0. The van der Waals surface area contributed by atoms with E-state index in [-0.39, 0.29) is 6.03 Å². The van der Waals surface area contributed by atoms with Gasteiger partial charge in [0.05, 0.1) is 18.1 Å². The van der Waals surface area contributed by atoms with Crippen LogP contribution in [0.2, 0.25) is 0 Å². The van der Waals surface area contributed by atoms with E-state index in [0.29, 0.717) is 23.1 Å². The standard InChI is InChI=1S/C20H32N6O/c1-15(2)17-20(6-4-3-5-7-20)14-26(17)19(27)24-16-12-22-18(23-13-16)25-10-8-21-9-11-25/h12-13,15,17,21H,3-11,14H2,1-2H3,(H,24,27). The first-order chi connectivity index (χ1) is 13.1. The van der Waals surface area contributed by atoms with Gasteiger partial charge >= 0.3 is 6.03 Å². The zero-order valence-electron chi connectivity index (χ0n) is 16.6. The van der Waals surface area contributed by atoms with E-state index in [1.54, 1.807) is 12.4 Å². The van der Waals surface area contributed by atoms with Crippen molar-refractivity contribution in [1.29, 1.82) is 0 Å². The largest absolute Gasteiger partial charge is 0.338 e. The number of piperazine rings is 1. The Balaban J connectivity index is 1.38. The molecule has 1 aromatic heterocycles. The number of carbonyl (C=O) groups excluding carboxylic acids is 1. The zero-order chi connectivity index (χ0) is 18.9. The molecule has 0 bridgehead atoms. The Bertz CT molecular complexity index is 649. The number of urea groups is 1. The summed E-state index contributed by atoms with van der Waals surface area (Å²) in [6.07, 6.45) is 9.94. The number of rotatable bonds is 3. The van der Waals surface area contributed by atoms with Crippen LogP contribution >= 0.6 is 0 Å². The van der Waals surface area contributed by atoms with Crippen molar-refractivity contribution in [1.82, 2.24) is 20.2 Å². The third kappa shape index (κ3) is 3.61. The third-order valence-electron chi connectivity index (χ3n) is 6.48. The number of hydrogen-bond acceptors (Lipinski definition) is 5. The van der Waals surface area contributed by atoms with E-state index in [2.05, 4.69) is 39.3 Å². The monoisotopic (exact) mass is 372 g/mol. The van der Waals surface area contributed by atoms with Crippen molar-refractivity contribution < 1.29 is 4.79 Å². The van der Waals surface area contributed by atoms with Crippen molar-refractivity contribution in [3.05, 3.63) is 12.4 Å². The molecule has 3 heterocycles. The van der Waals surface area contributed by atoms with Gasteiger partial charge in [-0.1, -0.05) is 33.1 Å². The van der Waals surface area contributed by atoms with E-state index in [0.717, 1.165) is 38.7 Å². The lowest BCUT2D eigenvalue weighted by atomic mass is 9.60. The molecule has 1 aliphatic carbocycles. The number of amides is 2. The van der Waals surface area contributed by atoms with Crippen LogP contribution in [0.15, 0.2) is 12.4 Å². The van der Waals surface area contributed by atoms with Gasteiger partial charge in [-0.3, -0.25) is 0 Å². The molecule has 2 saturated heterocycles. The molecule has 0 aromatic carbocycles. The van der Waals surface area contributed by atoms with E-state index in [1.165, 1.54) is 32.1 Å². The molecule has 27 heavy (non-hydrogen) atoms. The van der Waals surface area contributed by atoms with Gasteiger partial charge < -0.3 is 20.4 Å². The second-order valence-corrected chi connectivity index (χ2v) is 8.68. The van der Waals surface area contributed by atoms with Crippen molar-refractivity contribution in [3.8, 4) is 0 Å². The molecule has 3 fully saturated rings. The fourth-order valence-electron chi connectivity index (χ4n) is 5.33. The van der Waals surface area contributed by atoms with E-state index in [4.69, 9.17) is 0 Å². The molecule has 4 rings (SSSR count). The predicted octanol–water partition coefficient (Wildman–Crippen LogP) is 2.71. The highest BCUT2D eigenvalue weighted by atomic mass is 16.2. The first-order valence-electron chi connectivity index (χ1n) is 10.4. The molecule has 3 aliphatic rings.